The monoisotopic (exact) mass is 1070 g/mol. The van der Waals surface area contributed by atoms with E-state index in [1.807, 2.05) is 0 Å². The number of hydrogen-bond donors (Lipinski definition) is 0. The summed E-state index contributed by atoms with van der Waals surface area (Å²) in [6, 6.07) is 49.0. The maximum absolute atomic E-state index is 9.51. The summed E-state index contributed by atoms with van der Waals surface area (Å²) in [4.78, 5) is 0. The van der Waals surface area contributed by atoms with Gasteiger partial charge >= 0.3 is 388 Å². The van der Waals surface area contributed by atoms with Crippen LogP contribution in [0.3, 0.4) is 0 Å². The maximum atomic E-state index is 9.51. The fourth-order valence-electron chi connectivity index (χ4n) is 11.7. The molecule has 0 N–H and O–H groups in total. The molecule has 3 aliphatic rings. The third kappa shape index (κ3) is 7.32. The normalized spacial score (nSPS) is 17.8. The molecule has 0 spiro atoms. The summed E-state index contributed by atoms with van der Waals surface area (Å²) in [6.45, 7) is 19.5. The molecule has 0 aromatic heterocycles. The van der Waals surface area contributed by atoms with Gasteiger partial charge in [-0.05, 0) is 0 Å². The Bertz CT molecular complexity index is 2640. The van der Waals surface area contributed by atoms with Crippen LogP contribution in [-0.2, 0) is 16.1 Å². The molecule has 1 heterocycles. The summed E-state index contributed by atoms with van der Waals surface area (Å²) >= 11 is -5.84. The molecule has 317 valence electrons. The number of rotatable bonds is 13. The van der Waals surface area contributed by atoms with Gasteiger partial charge in [0.05, 0.1) is 0 Å². The van der Waals surface area contributed by atoms with Crippen molar-refractivity contribution in [3.63, 3.8) is 0 Å². The third-order valence-corrected chi connectivity index (χ3v) is 50.3. The molecule has 2 unspecified atom stereocenters. The van der Waals surface area contributed by atoms with E-state index in [0.29, 0.717) is 0 Å². The van der Waals surface area contributed by atoms with Gasteiger partial charge in [0.25, 0.3) is 0 Å². The van der Waals surface area contributed by atoms with Crippen molar-refractivity contribution in [1.82, 2.24) is 0 Å². The first kappa shape index (κ1) is 44.1. The van der Waals surface area contributed by atoms with E-state index >= 15 is 0 Å². The Morgan fingerprint density at radius 2 is 0.903 bits per heavy atom. The minimum atomic E-state index is -5.84. The second-order valence-corrected chi connectivity index (χ2v) is 61.7. The van der Waals surface area contributed by atoms with Crippen LogP contribution in [0.15, 0.2) is 139 Å². The van der Waals surface area contributed by atoms with Crippen LogP contribution in [0.25, 0.3) is 45.5 Å². The van der Waals surface area contributed by atoms with Gasteiger partial charge in [0.1, 0.15) is 0 Å². The first-order valence-corrected chi connectivity index (χ1v) is 46.6. The molecule has 0 saturated heterocycles. The minimum absolute atomic E-state index is 0.0565. The average Bonchev–Trinajstić information content (AvgIpc) is 3.96. The fraction of sp³-hybridized carbons (Fsp3) is 0.286. The van der Waals surface area contributed by atoms with Crippen molar-refractivity contribution in [3.05, 3.63) is 161 Å². The molecule has 6 aromatic rings. The fourth-order valence-corrected chi connectivity index (χ4v) is 54.0. The van der Waals surface area contributed by atoms with E-state index in [-0.39, 0.29) is 7.35 Å². The molecular formula is C56H63Cl2HfSi3. The van der Waals surface area contributed by atoms with Gasteiger partial charge in [-0.15, -0.1) is 0 Å². The predicted octanol–water partition coefficient (Wildman–Crippen LogP) is 13.5. The van der Waals surface area contributed by atoms with Crippen LogP contribution in [0, 0.1) is 0 Å². The van der Waals surface area contributed by atoms with E-state index < -0.39 is 41.8 Å². The van der Waals surface area contributed by atoms with E-state index in [1.165, 1.54) is 90.8 Å². The molecule has 2 atom stereocenters. The Morgan fingerprint density at radius 3 is 1.39 bits per heavy atom. The van der Waals surface area contributed by atoms with Crippen LogP contribution in [0.5, 0.6) is 0 Å². The zero-order valence-corrected chi connectivity index (χ0v) is 46.7. The number of hydrogen-bond acceptors (Lipinski definition) is 0. The Hall–Kier alpha value is -3.10. The average molecular weight is 1070 g/mol. The molecule has 2 aliphatic carbocycles. The van der Waals surface area contributed by atoms with E-state index in [1.54, 1.807) is 0 Å². The van der Waals surface area contributed by atoms with Crippen molar-refractivity contribution >= 4 is 79.0 Å². The molecule has 0 saturated carbocycles. The van der Waals surface area contributed by atoms with Crippen molar-refractivity contribution in [2.75, 3.05) is 0 Å². The van der Waals surface area contributed by atoms with Crippen LogP contribution in [0.1, 0.15) is 82.0 Å². The molecule has 0 nitrogen and oxygen atoms in total. The Morgan fingerprint density at radius 1 is 0.484 bits per heavy atom. The van der Waals surface area contributed by atoms with Crippen LogP contribution in [-0.4, -0.2) is 25.7 Å². The van der Waals surface area contributed by atoms with Crippen molar-refractivity contribution in [1.29, 1.82) is 0 Å². The van der Waals surface area contributed by atoms with Gasteiger partial charge in [0, 0.05) is 0 Å². The van der Waals surface area contributed by atoms with E-state index in [0.717, 1.165) is 38.5 Å². The molecule has 6 aromatic carbocycles. The second-order valence-electron chi connectivity index (χ2n) is 20.5. The first-order valence-electron chi connectivity index (χ1n) is 23.3. The van der Waals surface area contributed by atoms with Crippen molar-refractivity contribution in [2.45, 2.75) is 99.0 Å². The summed E-state index contributed by atoms with van der Waals surface area (Å²) in [5, 5.41) is 6.03. The van der Waals surface area contributed by atoms with Gasteiger partial charge in [-0.3, -0.25) is 0 Å². The molecule has 0 bridgehead atoms. The third-order valence-electron chi connectivity index (χ3n) is 14.4. The van der Waals surface area contributed by atoms with Gasteiger partial charge < -0.3 is 0 Å². The first-order chi connectivity index (χ1) is 29.7. The van der Waals surface area contributed by atoms with Gasteiger partial charge in [-0.2, -0.15) is 0 Å². The number of allylic oxidation sites excluding steroid dienone is 2. The van der Waals surface area contributed by atoms with Gasteiger partial charge in [0.15, 0.2) is 0 Å². The number of fused-ring (bicyclic) bond motifs is 5. The summed E-state index contributed by atoms with van der Waals surface area (Å²) in [5.41, 5.74) is 16.5. The van der Waals surface area contributed by atoms with Crippen LogP contribution >= 0.6 is 17.2 Å². The van der Waals surface area contributed by atoms with Gasteiger partial charge in [-0.25, -0.2) is 0 Å². The molecule has 9 rings (SSSR count). The van der Waals surface area contributed by atoms with Crippen LogP contribution in [0.2, 0.25) is 39.3 Å². The van der Waals surface area contributed by atoms with Crippen LogP contribution < -0.4 is 24.1 Å². The van der Waals surface area contributed by atoms with Crippen molar-refractivity contribution in [2.24, 2.45) is 0 Å². The molecule has 6 heteroatoms. The summed E-state index contributed by atoms with van der Waals surface area (Å²) in [5.74, 6) is 0. The Labute approximate surface area is 385 Å². The number of benzene rings is 6. The second kappa shape index (κ2) is 16.7. The molecule has 0 radical (unpaired) electrons. The zero-order valence-electron chi connectivity index (χ0n) is 38.1. The van der Waals surface area contributed by atoms with Gasteiger partial charge in [0.2, 0.25) is 0 Å². The number of unbranched alkanes of at least 4 members (excludes halogenated alkanes) is 2. The molecule has 62 heavy (non-hydrogen) atoms. The predicted molar refractivity (Wildman–Crippen MR) is 281 cm³/mol. The standard InChI is InChI=1S/2C22H27Si.C12H9Si.2ClH.Hf/c2*1-5-6-10-17-15-18-11-9-13-19(21(18)16-17)20-12-7-8-14-22(20)23(2,3)4;1-3-7-11-9(5-1)10-6-2-4-8-12(10)13-11;;;/h2*7-9,11-16H,5-6,10H2,1-4H3;1-7H,13H2;2*1H;/q;;;;;+2/p-2. The Balaban J connectivity index is 1.37. The molecule has 1 aliphatic heterocycles. The SMILES string of the molecule is CCCCC1=Cc2c(-c3ccccc3[Si](C)(C)C)cccc2[CH]1[Hf]([Cl])([Cl])([c]1cccc2c1[SiH2]c1ccccc1-2)[CH]1C(CCCC)=Cc2c(-c3ccccc3[Si](C)(C)C)cccc21. The van der Waals surface area contributed by atoms with Crippen LogP contribution in [0.4, 0.5) is 0 Å². The summed E-state index contributed by atoms with van der Waals surface area (Å²) < 4.78 is 1.23. The molecule has 0 amide bonds. The Kier molecular flexibility index (Phi) is 11.9. The van der Waals surface area contributed by atoms with E-state index in [4.69, 9.17) is 0 Å². The topological polar surface area (TPSA) is 0 Å². The summed E-state index contributed by atoms with van der Waals surface area (Å²) in [7, 11) is 14.8. The van der Waals surface area contributed by atoms with Gasteiger partial charge in [-0.1, -0.05) is 0 Å². The quantitative estimate of drug-likeness (QED) is 0.101. The van der Waals surface area contributed by atoms with Crippen molar-refractivity contribution in [3.8, 4) is 33.4 Å². The summed E-state index contributed by atoms with van der Waals surface area (Å²) in [6.07, 6.45) is 11.7. The molecule has 0 fully saturated rings. The zero-order chi connectivity index (χ0) is 43.6. The van der Waals surface area contributed by atoms with E-state index in [9.17, 15) is 17.2 Å². The van der Waals surface area contributed by atoms with Crippen molar-refractivity contribution < 1.29 is 16.1 Å². The number of halogens is 2. The molecular weight excluding hydrogens is 1010 g/mol. The van der Waals surface area contributed by atoms with E-state index in [2.05, 4.69) is 193 Å².